The molecule has 0 aliphatic carbocycles. The van der Waals surface area contributed by atoms with E-state index in [1.165, 1.54) is 0 Å². The van der Waals surface area contributed by atoms with E-state index in [1.807, 2.05) is 0 Å². The fraction of sp³-hybridized carbons (Fsp3) is 0.300. The standard InChI is InChI=1S/C10H6F6O3/c11-9(12,13)4-19-5-1-2-6(8(17)18)7(3-5)10(14,15)16/h1-3H,4H2,(H,17,18). The van der Waals surface area contributed by atoms with E-state index in [2.05, 4.69) is 4.74 Å². The Morgan fingerprint density at radius 2 is 1.74 bits per heavy atom. The van der Waals surface area contributed by atoms with Crippen molar-refractivity contribution in [2.75, 3.05) is 6.61 Å². The molecule has 0 atom stereocenters. The van der Waals surface area contributed by atoms with Gasteiger partial charge in [0.2, 0.25) is 0 Å². The van der Waals surface area contributed by atoms with E-state index in [1.54, 1.807) is 0 Å². The highest BCUT2D eigenvalue weighted by Crippen LogP contribution is 2.34. The second-order valence-electron chi connectivity index (χ2n) is 3.41. The predicted molar refractivity (Wildman–Crippen MR) is 50.0 cm³/mol. The van der Waals surface area contributed by atoms with Crippen LogP contribution in [0.2, 0.25) is 0 Å². The topological polar surface area (TPSA) is 46.5 Å². The van der Waals surface area contributed by atoms with E-state index in [4.69, 9.17) is 5.11 Å². The molecule has 1 aromatic carbocycles. The van der Waals surface area contributed by atoms with Crippen LogP contribution in [0.25, 0.3) is 0 Å². The van der Waals surface area contributed by atoms with Crippen LogP contribution in [0.5, 0.6) is 5.75 Å². The molecule has 0 aromatic heterocycles. The Hall–Kier alpha value is -1.93. The number of carboxylic acid groups (broad SMARTS) is 1. The van der Waals surface area contributed by atoms with E-state index in [0.717, 1.165) is 6.07 Å². The molecule has 0 unspecified atom stereocenters. The second kappa shape index (κ2) is 4.98. The summed E-state index contributed by atoms with van der Waals surface area (Å²) in [5.74, 6) is -2.55. The molecule has 106 valence electrons. The lowest BCUT2D eigenvalue weighted by Gasteiger charge is -2.13. The Kier molecular flexibility index (Phi) is 3.97. The number of halogens is 6. The molecule has 9 heteroatoms. The summed E-state index contributed by atoms with van der Waals surface area (Å²) in [7, 11) is 0. The number of carboxylic acids is 1. The van der Waals surface area contributed by atoms with Crippen LogP contribution in [0, 0.1) is 0 Å². The molecule has 0 radical (unpaired) electrons. The third-order valence-electron chi connectivity index (χ3n) is 1.93. The van der Waals surface area contributed by atoms with E-state index < -0.39 is 41.8 Å². The molecule has 0 fully saturated rings. The summed E-state index contributed by atoms with van der Waals surface area (Å²) >= 11 is 0. The van der Waals surface area contributed by atoms with Crippen LogP contribution >= 0.6 is 0 Å². The number of aromatic carboxylic acids is 1. The fourth-order valence-electron chi connectivity index (χ4n) is 1.20. The smallest absolute Gasteiger partial charge is 0.422 e. The molecule has 0 saturated heterocycles. The molecule has 1 N–H and O–H groups in total. The zero-order valence-corrected chi connectivity index (χ0v) is 8.97. The summed E-state index contributed by atoms with van der Waals surface area (Å²) in [6, 6.07) is 1.48. The van der Waals surface area contributed by atoms with E-state index >= 15 is 0 Å². The van der Waals surface area contributed by atoms with Crippen molar-refractivity contribution in [1.29, 1.82) is 0 Å². The van der Waals surface area contributed by atoms with Gasteiger partial charge in [0.05, 0.1) is 11.1 Å². The third-order valence-corrected chi connectivity index (χ3v) is 1.93. The lowest BCUT2D eigenvalue weighted by atomic mass is 10.1. The van der Waals surface area contributed by atoms with E-state index in [-0.39, 0.29) is 6.07 Å². The van der Waals surface area contributed by atoms with Gasteiger partial charge in [0.1, 0.15) is 5.75 Å². The minimum absolute atomic E-state index is 0.217. The summed E-state index contributed by atoms with van der Waals surface area (Å²) in [5, 5.41) is 8.56. The Labute approximate surface area is 102 Å². The molecule has 0 aliphatic heterocycles. The molecule has 19 heavy (non-hydrogen) atoms. The van der Waals surface area contributed by atoms with Gasteiger partial charge in [-0.3, -0.25) is 0 Å². The van der Waals surface area contributed by atoms with Crippen molar-refractivity contribution < 1.29 is 41.0 Å². The molecule has 0 bridgehead atoms. The monoisotopic (exact) mass is 288 g/mol. The number of alkyl halides is 6. The van der Waals surface area contributed by atoms with Crippen LogP contribution in [0.1, 0.15) is 15.9 Å². The molecule has 0 aliphatic rings. The van der Waals surface area contributed by atoms with Crippen molar-refractivity contribution in [1.82, 2.24) is 0 Å². The van der Waals surface area contributed by atoms with Crippen molar-refractivity contribution in [2.24, 2.45) is 0 Å². The first kappa shape index (κ1) is 15.1. The maximum atomic E-state index is 12.5. The minimum atomic E-state index is -5.01. The lowest BCUT2D eigenvalue weighted by molar-refractivity contribution is -0.153. The molecule has 1 aromatic rings. The van der Waals surface area contributed by atoms with Gasteiger partial charge in [-0.1, -0.05) is 0 Å². The van der Waals surface area contributed by atoms with Crippen molar-refractivity contribution in [2.45, 2.75) is 12.4 Å². The van der Waals surface area contributed by atoms with Gasteiger partial charge >= 0.3 is 18.3 Å². The van der Waals surface area contributed by atoms with Gasteiger partial charge < -0.3 is 9.84 Å². The van der Waals surface area contributed by atoms with Gasteiger partial charge in [0.15, 0.2) is 6.61 Å². The maximum absolute atomic E-state index is 12.5. The van der Waals surface area contributed by atoms with Crippen molar-refractivity contribution in [3.8, 4) is 5.75 Å². The minimum Gasteiger partial charge on any atom is -0.484 e. The first-order valence-electron chi connectivity index (χ1n) is 4.65. The quantitative estimate of drug-likeness (QED) is 0.868. The highest BCUT2D eigenvalue weighted by atomic mass is 19.4. The molecule has 1 rings (SSSR count). The first-order chi connectivity index (χ1) is 8.50. The van der Waals surface area contributed by atoms with Crippen LogP contribution in [-0.2, 0) is 6.18 Å². The van der Waals surface area contributed by atoms with E-state index in [0.29, 0.717) is 6.07 Å². The number of hydrogen-bond acceptors (Lipinski definition) is 2. The average Bonchev–Trinajstić information content (AvgIpc) is 2.23. The number of rotatable bonds is 3. The van der Waals surface area contributed by atoms with E-state index in [9.17, 15) is 31.1 Å². The Balaban J connectivity index is 3.09. The third kappa shape index (κ3) is 4.34. The number of hydrogen-bond donors (Lipinski definition) is 1. The highest BCUT2D eigenvalue weighted by Gasteiger charge is 2.36. The van der Waals surface area contributed by atoms with Crippen LogP contribution in [0.4, 0.5) is 26.3 Å². The Morgan fingerprint density at radius 1 is 1.16 bits per heavy atom. The second-order valence-corrected chi connectivity index (χ2v) is 3.41. The number of benzene rings is 1. The summed E-state index contributed by atoms with van der Waals surface area (Å²) in [6.07, 6.45) is -9.71. The highest BCUT2D eigenvalue weighted by molar-refractivity contribution is 5.89. The van der Waals surface area contributed by atoms with Crippen molar-refractivity contribution >= 4 is 5.97 Å². The van der Waals surface area contributed by atoms with Gasteiger partial charge in [-0.15, -0.1) is 0 Å². The van der Waals surface area contributed by atoms with Crippen LogP contribution in [0.3, 0.4) is 0 Å². The summed E-state index contributed by atoms with van der Waals surface area (Å²) in [6.45, 7) is -1.77. The Morgan fingerprint density at radius 3 is 2.16 bits per heavy atom. The predicted octanol–water partition coefficient (Wildman–Crippen LogP) is 3.34. The SMILES string of the molecule is O=C(O)c1ccc(OCC(F)(F)F)cc1C(F)(F)F. The van der Waals surface area contributed by atoms with Crippen molar-refractivity contribution in [3.05, 3.63) is 29.3 Å². The first-order valence-corrected chi connectivity index (χ1v) is 4.65. The molecule has 0 spiro atoms. The van der Waals surface area contributed by atoms with Gasteiger partial charge in [-0.2, -0.15) is 26.3 Å². The molecule has 0 heterocycles. The van der Waals surface area contributed by atoms with Crippen LogP contribution in [0.15, 0.2) is 18.2 Å². The largest absolute Gasteiger partial charge is 0.484 e. The zero-order chi connectivity index (χ0) is 14.8. The molecule has 0 saturated carbocycles. The normalized spacial score (nSPS) is 12.3. The maximum Gasteiger partial charge on any atom is 0.422 e. The molecular formula is C10H6F6O3. The lowest BCUT2D eigenvalue weighted by Crippen LogP contribution is -2.20. The molecule has 0 amide bonds. The van der Waals surface area contributed by atoms with Crippen molar-refractivity contribution in [3.63, 3.8) is 0 Å². The zero-order valence-electron chi connectivity index (χ0n) is 8.97. The fourth-order valence-corrected chi connectivity index (χ4v) is 1.20. The van der Waals surface area contributed by atoms with Gasteiger partial charge in [-0.05, 0) is 18.2 Å². The van der Waals surface area contributed by atoms with Crippen LogP contribution in [-0.4, -0.2) is 23.9 Å². The average molecular weight is 288 g/mol. The summed E-state index contributed by atoms with van der Waals surface area (Å²) < 4.78 is 77.2. The van der Waals surface area contributed by atoms with Gasteiger partial charge in [0.25, 0.3) is 0 Å². The number of ether oxygens (including phenoxy) is 1. The summed E-state index contributed by atoms with van der Waals surface area (Å²) in [4.78, 5) is 10.6. The molecule has 3 nitrogen and oxygen atoms in total. The van der Waals surface area contributed by atoms with Crippen LogP contribution < -0.4 is 4.74 Å². The summed E-state index contributed by atoms with van der Waals surface area (Å²) in [5.41, 5.74) is -2.63. The van der Waals surface area contributed by atoms with Gasteiger partial charge in [-0.25, -0.2) is 4.79 Å². The molecular weight excluding hydrogens is 282 g/mol. The Bertz CT molecular complexity index is 477. The number of carbonyl (C=O) groups is 1. The van der Waals surface area contributed by atoms with Gasteiger partial charge in [0, 0.05) is 0 Å².